The van der Waals surface area contributed by atoms with Gasteiger partial charge in [0.05, 0.1) is 33.4 Å². The molecular weight excluding hydrogens is 405 g/mol. The highest BCUT2D eigenvalue weighted by Crippen LogP contribution is 2.52. The predicted octanol–water partition coefficient (Wildman–Crippen LogP) is 1.15. The van der Waals surface area contributed by atoms with E-state index in [9.17, 15) is 14.2 Å². The van der Waals surface area contributed by atoms with Crippen LogP contribution in [0.15, 0.2) is 0 Å². The monoisotopic (exact) mass is 426 g/mol. The van der Waals surface area contributed by atoms with Gasteiger partial charge in [0.2, 0.25) is 0 Å². The van der Waals surface area contributed by atoms with Gasteiger partial charge in [0.1, 0.15) is 18.3 Å². The molecule has 0 aromatic carbocycles. The molecule has 0 spiro atoms. The van der Waals surface area contributed by atoms with Crippen molar-refractivity contribution in [1.82, 2.24) is 0 Å². The highest BCUT2D eigenvalue weighted by atomic mass is 32.5. The summed E-state index contributed by atoms with van der Waals surface area (Å²) in [5.41, 5.74) is 0. The molecule has 0 aromatic rings. The quantitative estimate of drug-likeness (QED) is 0.549. The van der Waals surface area contributed by atoms with Crippen LogP contribution < -0.4 is 0 Å². The van der Waals surface area contributed by atoms with Crippen LogP contribution in [-0.2, 0) is 51.2 Å². The van der Waals surface area contributed by atoms with Crippen LogP contribution in [0.5, 0.6) is 0 Å². The fraction of sp³-hybridized carbons (Fsp3) is 1.00. The van der Waals surface area contributed by atoms with Gasteiger partial charge in [-0.25, -0.2) is 4.39 Å². The third-order valence-corrected chi connectivity index (χ3v) is 6.92. The maximum absolute atomic E-state index is 14.2. The van der Waals surface area contributed by atoms with Crippen LogP contribution >= 0.6 is 13.4 Å². The molecular formula is C11H19FO8P2S2. The van der Waals surface area contributed by atoms with Crippen LogP contribution in [0.3, 0.4) is 0 Å². The number of fused-ring (bicyclic) bond motifs is 2. The van der Waals surface area contributed by atoms with E-state index in [-0.39, 0.29) is 19.3 Å². The van der Waals surface area contributed by atoms with Crippen LogP contribution in [0, 0.1) is 0 Å². The van der Waals surface area contributed by atoms with E-state index in [1.165, 1.54) is 0 Å². The number of halogens is 1. The Morgan fingerprint density at radius 3 is 2.42 bits per heavy atom. The lowest BCUT2D eigenvalue weighted by Gasteiger charge is -2.29. The van der Waals surface area contributed by atoms with Crippen molar-refractivity contribution in [3.05, 3.63) is 0 Å². The lowest BCUT2D eigenvalue weighted by Crippen LogP contribution is -2.35. The highest BCUT2D eigenvalue weighted by molar-refractivity contribution is 8.07. The third-order valence-electron chi connectivity index (χ3n) is 3.78. The molecule has 9 atom stereocenters. The fourth-order valence-corrected chi connectivity index (χ4v) is 5.61. The van der Waals surface area contributed by atoms with Gasteiger partial charge in [-0.3, -0.25) is 4.52 Å². The zero-order chi connectivity index (χ0) is 18.4. The molecule has 3 saturated heterocycles. The normalized spacial score (nSPS) is 57.3. The van der Waals surface area contributed by atoms with Crippen LogP contribution in [-0.4, -0.2) is 66.3 Å². The Bertz CT molecular complexity index is 602. The van der Waals surface area contributed by atoms with Gasteiger partial charge in [0.15, 0.2) is 6.17 Å². The highest BCUT2D eigenvalue weighted by Gasteiger charge is 2.45. The van der Waals surface area contributed by atoms with Crippen molar-refractivity contribution in [3.63, 3.8) is 0 Å². The number of rotatable bonds is 0. The molecule has 8 nitrogen and oxygen atoms in total. The number of ether oxygens (including phenoxy) is 2. The molecule has 0 saturated carbocycles. The summed E-state index contributed by atoms with van der Waals surface area (Å²) < 4.78 is 53.6. The molecule has 2 N–H and O–H groups in total. The minimum Gasteiger partial charge on any atom is -0.370 e. The molecule has 3 aliphatic rings. The average molecular weight is 426 g/mol. The predicted molar refractivity (Wildman–Crippen MR) is 88.2 cm³/mol. The molecule has 3 rings (SSSR count). The van der Waals surface area contributed by atoms with E-state index < -0.39 is 50.6 Å². The average Bonchev–Trinajstić information content (AvgIpc) is 2.96. The molecule has 0 amide bonds. The topological polar surface area (TPSA) is 95.8 Å². The van der Waals surface area contributed by atoms with Crippen LogP contribution in [0.25, 0.3) is 0 Å². The molecule has 3 heterocycles. The zero-order valence-corrected chi connectivity index (χ0v) is 16.0. The summed E-state index contributed by atoms with van der Waals surface area (Å²) >= 11 is 9.89. The second kappa shape index (κ2) is 7.50. The van der Waals surface area contributed by atoms with E-state index in [0.29, 0.717) is 6.42 Å². The van der Waals surface area contributed by atoms with E-state index >= 15 is 0 Å². The summed E-state index contributed by atoms with van der Waals surface area (Å²) in [7, 11) is 0. The number of hydrogen-bond donors (Lipinski definition) is 2. The van der Waals surface area contributed by atoms with Crippen molar-refractivity contribution in [2.75, 3.05) is 19.8 Å². The Morgan fingerprint density at radius 2 is 1.71 bits per heavy atom. The minimum absolute atomic E-state index is 0.182. The largest absolute Gasteiger partial charge is 0.370 e. The van der Waals surface area contributed by atoms with Crippen molar-refractivity contribution in [3.8, 4) is 0 Å². The zero-order valence-electron chi connectivity index (χ0n) is 13.6. The standard InChI is InChI=1S/C11H19FO8P2S2/c1-6-2-8-9(18-6)4-16-22(14,24)20-11-7(12)3-15-10(11)5-17-21(13,23)19-8/h6-11H,2-5H2,1H3,(H,13,23)(H,14,24)/t6-,7-,8-,9+,10+,11-,21?,22?/m0/s1/i3T/t3-,6-,7-,8-,9+,10+,11-,21?,22?. The minimum atomic E-state index is -3.81. The van der Waals surface area contributed by atoms with Crippen molar-refractivity contribution >= 4 is 37.1 Å². The molecule has 3 aliphatic heterocycles. The van der Waals surface area contributed by atoms with E-state index in [4.69, 9.17) is 52.6 Å². The molecule has 2 unspecified atom stereocenters. The van der Waals surface area contributed by atoms with Crippen molar-refractivity contribution in [2.45, 2.75) is 50.0 Å². The van der Waals surface area contributed by atoms with Gasteiger partial charge >= 0.3 is 13.4 Å². The molecule has 0 aromatic heterocycles. The summed E-state index contributed by atoms with van der Waals surface area (Å²) in [5, 5.41) is 0. The molecule has 0 bridgehead atoms. The maximum atomic E-state index is 14.2. The number of alkyl halides is 1. The first-order valence-electron chi connectivity index (χ1n) is 7.83. The Labute approximate surface area is 150 Å². The van der Waals surface area contributed by atoms with E-state index in [2.05, 4.69) is 0 Å². The maximum Gasteiger partial charge on any atom is 0.325 e. The first-order valence-corrected chi connectivity index (χ1v) is 12.4. The summed E-state index contributed by atoms with van der Waals surface area (Å²) in [6.45, 7) is -7.77. The van der Waals surface area contributed by atoms with E-state index in [1.807, 2.05) is 6.92 Å². The van der Waals surface area contributed by atoms with Gasteiger partial charge in [0.25, 0.3) is 0 Å². The summed E-state index contributed by atoms with van der Waals surface area (Å²) in [5.74, 6) is 0. The van der Waals surface area contributed by atoms with Gasteiger partial charge < -0.3 is 32.8 Å². The first-order chi connectivity index (χ1) is 11.6. The molecule has 13 heteroatoms. The Hall–Kier alpha value is 0.910. The molecule has 24 heavy (non-hydrogen) atoms. The van der Waals surface area contributed by atoms with Gasteiger partial charge in [-0.2, -0.15) is 0 Å². The van der Waals surface area contributed by atoms with E-state index in [1.54, 1.807) is 0 Å². The van der Waals surface area contributed by atoms with Gasteiger partial charge in [-0.05, 0) is 30.5 Å². The van der Waals surface area contributed by atoms with Crippen molar-refractivity contribution < 1.29 is 43.1 Å². The van der Waals surface area contributed by atoms with Gasteiger partial charge in [0, 0.05) is 6.42 Å². The Balaban J connectivity index is 1.82. The summed E-state index contributed by atoms with van der Waals surface area (Å²) in [6, 6.07) is 0. The summed E-state index contributed by atoms with van der Waals surface area (Å²) in [6.07, 6.45) is -5.35. The first kappa shape index (κ1) is 18.3. The molecule has 3 fully saturated rings. The van der Waals surface area contributed by atoms with Crippen LogP contribution in [0.2, 0.25) is 0 Å². The molecule has 0 radical (unpaired) electrons. The van der Waals surface area contributed by atoms with Crippen LogP contribution in [0.4, 0.5) is 4.39 Å². The Morgan fingerprint density at radius 1 is 1.08 bits per heavy atom. The molecule has 0 aliphatic carbocycles. The fourth-order valence-electron chi connectivity index (χ4n) is 2.70. The van der Waals surface area contributed by atoms with Gasteiger partial charge in [-0.1, -0.05) is 0 Å². The van der Waals surface area contributed by atoms with E-state index in [0.717, 1.165) is 0 Å². The third kappa shape index (κ3) is 4.79. The van der Waals surface area contributed by atoms with Gasteiger partial charge in [-0.15, -0.1) is 0 Å². The van der Waals surface area contributed by atoms with Crippen molar-refractivity contribution in [2.24, 2.45) is 0 Å². The SMILES string of the molecule is [3H][C@@H]1O[C@@H]2COP(O)(=S)O[C@H]3C[C@H](C)O[C@@H]3COP(O)(=S)O[C@H]2[C@H]1F. The lowest BCUT2D eigenvalue weighted by atomic mass is 10.1. The second-order valence-corrected chi connectivity index (χ2v) is 11.3. The van der Waals surface area contributed by atoms with Crippen molar-refractivity contribution in [1.29, 1.82) is 0 Å². The second-order valence-electron chi connectivity index (χ2n) is 5.72. The van der Waals surface area contributed by atoms with Crippen LogP contribution in [0.1, 0.15) is 14.7 Å². The summed E-state index contributed by atoms with van der Waals surface area (Å²) in [4.78, 5) is 20.4. The lowest BCUT2D eigenvalue weighted by molar-refractivity contribution is -0.0336. The smallest absolute Gasteiger partial charge is 0.325 e. The number of hydrogen-bond acceptors (Lipinski definition) is 8. The molecule has 140 valence electrons. The Kier molecular flexibility index (Phi) is 5.71.